The Labute approximate surface area is 118 Å². The summed E-state index contributed by atoms with van der Waals surface area (Å²) in [7, 11) is 0. The highest BCUT2D eigenvalue weighted by atomic mass is 16.5. The van der Waals surface area contributed by atoms with E-state index in [1.54, 1.807) is 31.2 Å². The van der Waals surface area contributed by atoms with Crippen molar-refractivity contribution in [1.29, 1.82) is 0 Å². The zero-order valence-electron chi connectivity index (χ0n) is 11.8. The maximum absolute atomic E-state index is 11.5. The summed E-state index contributed by atoms with van der Waals surface area (Å²) in [6.07, 6.45) is -1.28. The molecule has 1 aromatic rings. The van der Waals surface area contributed by atoms with E-state index in [0.29, 0.717) is 31.1 Å². The largest absolute Gasteiger partial charge is 0.493 e. The van der Waals surface area contributed by atoms with Gasteiger partial charge in [-0.1, -0.05) is 19.1 Å². The standard InChI is InChI=1S/C15H20O5/c1-3-19-14(17)13(16)11-5-4-6-12(7-11)20-10-15(2)8-18-9-15/h4-7,13,16H,3,8-10H2,1-2H3. The molecule has 0 saturated carbocycles. The van der Waals surface area contributed by atoms with Crippen molar-refractivity contribution in [2.24, 2.45) is 5.41 Å². The summed E-state index contributed by atoms with van der Waals surface area (Å²) < 4.78 is 15.7. The van der Waals surface area contributed by atoms with Gasteiger partial charge < -0.3 is 19.3 Å². The van der Waals surface area contributed by atoms with E-state index in [4.69, 9.17) is 14.2 Å². The van der Waals surface area contributed by atoms with Crippen LogP contribution in [0.4, 0.5) is 0 Å². The molecule has 1 aliphatic heterocycles. The van der Waals surface area contributed by atoms with Crippen molar-refractivity contribution >= 4 is 5.97 Å². The number of aliphatic hydroxyl groups excluding tert-OH is 1. The van der Waals surface area contributed by atoms with Crippen molar-refractivity contribution in [1.82, 2.24) is 0 Å². The van der Waals surface area contributed by atoms with Crippen molar-refractivity contribution < 1.29 is 24.1 Å². The number of aliphatic hydroxyl groups is 1. The molecule has 0 aliphatic carbocycles. The molecule has 1 heterocycles. The fourth-order valence-electron chi connectivity index (χ4n) is 1.92. The summed E-state index contributed by atoms with van der Waals surface area (Å²) >= 11 is 0. The lowest BCUT2D eigenvalue weighted by atomic mass is 9.90. The van der Waals surface area contributed by atoms with Crippen LogP contribution in [0.5, 0.6) is 5.75 Å². The number of carbonyl (C=O) groups is 1. The Morgan fingerprint density at radius 3 is 2.85 bits per heavy atom. The fourth-order valence-corrected chi connectivity index (χ4v) is 1.92. The lowest BCUT2D eigenvalue weighted by Gasteiger charge is -2.37. The van der Waals surface area contributed by atoms with E-state index in [0.717, 1.165) is 0 Å². The second kappa shape index (κ2) is 6.24. The summed E-state index contributed by atoms with van der Waals surface area (Å²) in [5.41, 5.74) is 0.520. The van der Waals surface area contributed by atoms with Gasteiger partial charge in [-0.05, 0) is 24.6 Å². The number of rotatable bonds is 6. The van der Waals surface area contributed by atoms with Crippen LogP contribution in [0, 0.1) is 5.41 Å². The molecule has 0 amide bonds. The highest BCUT2D eigenvalue weighted by molar-refractivity contribution is 5.76. The molecule has 110 valence electrons. The predicted octanol–water partition coefficient (Wildman–Crippen LogP) is 1.70. The van der Waals surface area contributed by atoms with Gasteiger partial charge in [-0.2, -0.15) is 0 Å². The minimum absolute atomic E-state index is 0.0514. The zero-order chi connectivity index (χ0) is 14.6. The first kappa shape index (κ1) is 14.8. The first-order valence-corrected chi connectivity index (χ1v) is 6.69. The van der Waals surface area contributed by atoms with Gasteiger partial charge >= 0.3 is 5.97 Å². The summed E-state index contributed by atoms with van der Waals surface area (Å²) in [6.45, 7) is 5.96. The van der Waals surface area contributed by atoms with Gasteiger partial charge in [-0.25, -0.2) is 4.79 Å². The molecular weight excluding hydrogens is 260 g/mol. The Morgan fingerprint density at radius 1 is 1.50 bits per heavy atom. The molecule has 0 bridgehead atoms. The Balaban J connectivity index is 1.98. The van der Waals surface area contributed by atoms with Crippen LogP contribution < -0.4 is 4.74 Å². The van der Waals surface area contributed by atoms with Crippen LogP contribution in [0.2, 0.25) is 0 Å². The van der Waals surface area contributed by atoms with Gasteiger partial charge in [-0.3, -0.25) is 0 Å². The van der Waals surface area contributed by atoms with E-state index in [1.807, 2.05) is 0 Å². The third-order valence-electron chi connectivity index (χ3n) is 3.17. The van der Waals surface area contributed by atoms with Crippen molar-refractivity contribution in [3.63, 3.8) is 0 Å². The average molecular weight is 280 g/mol. The SMILES string of the molecule is CCOC(=O)C(O)c1cccc(OCC2(C)COC2)c1. The number of ether oxygens (including phenoxy) is 3. The number of benzene rings is 1. The van der Waals surface area contributed by atoms with Gasteiger partial charge in [-0.15, -0.1) is 0 Å². The van der Waals surface area contributed by atoms with E-state index in [1.165, 1.54) is 0 Å². The number of carbonyl (C=O) groups excluding carboxylic acids is 1. The van der Waals surface area contributed by atoms with E-state index in [2.05, 4.69) is 6.92 Å². The summed E-state index contributed by atoms with van der Waals surface area (Å²) in [4.78, 5) is 11.5. The molecule has 5 nitrogen and oxygen atoms in total. The van der Waals surface area contributed by atoms with Crippen molar-refractivity contribution in [3.8, 4) is 5.75 Å². The molecule has 1 aliphatic rings. The van der Waals surface area contributed by atoms with Gasteiger partial charge in [0, 0.05) is 5.41 Å². The maximum Gasteiger partial charge on any atom is 0.339 e. The first-order chi connectivity index (χ1) is 9.54. The van der Waals surface area contributed by atoms with E-state index in [9.17, 15) is 9.90 Å². The third kappa shape index (κ3) is 3.49. The zero-order valence-corrected chi connectivity index (χ0v) is 11.8. The van der Waals surface area contributed by atoms with Gasteiger partial charge in [0.15, 0.2) is 6.10 Å². The average Bonchev–Trinajstić information content (AvgIpc) is 2.43. The molecular formula is C15H20O5. The third-order valence-corrected chi connectivity index (χ3v) is 3.17. The number of esters is 1. The second-order valence-electron chi connectivity index (χ2n) is 5.32. The van der Waals surface area contributed by atoms with Crippen LogP contribution in [-0.2, 0) is 14.3 Å². The molecule has 1 aromatic carbocycles. The molecule has 0 radical (unpaired) electrons. The van der Waals surface area contributed by atoms with E-state index >= 15 is 0 Å². The predicted molar refractivity (Wildman–Crippen MR) is 72.5 cm³/mol. The number of hydrogen-bond acceptors (Lipinski definition) is 5. The van der Waals surface area contributed by atoms with Gasteiger partial charge in [0.05, 0.1) is 26.4 Å². The second-order valence-corrected chi connectivity index (χ2v) is 5.32. The highest BCUT2D eigenvalue weighted by Gasteiger charge is 2.34. The fraction of sp³-hybridized carbons (Fsp3) is 0.533. The molecule has 5 heteroatoms. The Kier molecular flexibility index (Phi) is 4.62. The van der Waals surface area contributed by atoms with Gasteiger partial charge in [0.2, 0.25) is 0 Å². The molecule has 1 unspecified atom stereocenters. The molecule has 1 fully saturated rings. The van der Waals surface area contributed by atoms with Gasteiger partial charge in [0.25, 0.3) is 0 Å². The highest BCUT2D eigenvalue weighted by Crippen LogP contribution is 2.28. The van der Waals surface area contributed by atoms with Crippen molar-refractivity contribution in [2.45, 2.75) is 20.0 Å². The molecule has 0 spiro atoms. The van der Waals surface area contributed by atoms with Crippen molar-refractivity contribution in [2.75, 3.05) is 26.4 Å². The molecule has 1 atom stereocenters. The van der Waals surface area contributed by atoms with Crippen LogP contribution >= 0.6 is 0 Å². The monoisotopic (exact) mass is 280 g/mol. The summed E-state index contributed by atoms with van der Waals surface area (Å²) in [6, 6.07) is 6.87. The lowest BCUT2D eigenvalue weighted by Crippen LogP contribution is -2.44. The van der Waals surface area contributed by atoms with Crippen LogP contribution in [-0.4, -0.2) is 37.5 Å². The van der Waals surface area contributed by atoms with Crippen LogP contribution in [0.15, 0.2) is 24.3 Å². The molecule has 1 N–H and O–H groups in total. The van der Waals surface area contributed by atoms with E-state index in [-0.39, 0.29) is 12.0 Å². The van der Waals surface area contributed by atoms with Crippen LogP contribution in [0.1, 0.15) is 25.5 Å². The molecule has 1 saturated heterocycles. The normalized spacial score (nSPS) is 17.9. The lowest BCUT2D eigenvalue weighted by molar-refractivity contribution is -0.153. The quantitative estimate of drug-likeness (QED) is 0.803. The Bertz CT molecular complexity index is 467. The minimum Gasteiger partial charge on any atom is -0.493 e. The molecule has 20 heavy (non-hydrogen) atoms. The van der Waals surface area contributed by atoms with Crippen LogP contribution in [0.3, 0.4) is 0 Å². The Morgan fingerprint density at radius 2 is 2.25 bits per heavy atom. The summed E-state index contributed by atoms with van der Waals surface area (Å²) in [5.74, 6) is -0.0250. The van der Waals surface area contributed by atoms with Crippen LogP contribution in [0.25, 0.3) is 0 Å². The smallest absolute Gasteiger partial charge is 0.339 e. The maximum atomic E-state index is 11.5. The molecule has 0 aromatic heterocycles. The van der Waals surface area contributed by atoms with Crippen molar-refractivity contribution in [3.05, 3.63) is 29.8 Å². The number of hydrogen-bond donors (Lipinski definition) is 1. The topological polar surface area (TPSA) is 65.0 Å². The van der Waals surface area contributed by atoms with E-state index < -0.39 is 12.1 Å². The molecule has 2 rings (SSSR count). The summed E-state index contributed by atoms with van der Waals surface area (Å²) in [5, 5.41) is 9.88. The Hall–Kier alpha value is -1.59. The minimum atomic E-state index is -1.28. The first-order valence-electron chi connectivity index (χ1n) is 6.69. The van der Waals surface area contributed by atoms with Gasteiger partial charge in [0.1, 0.15) is 5.75 Å².